The molecule has 0 saturated heterocycles. The predicted molar refractivity (Wildman–Crippen MR) is 82.3 cm³/mol. The summed E-state index contributed by atoms with van der Waals surface area (Å²) in [5, 5.41) is 0.983. The van der Waals surface area contributed by atoms with Crippen molar-refractivity contribution in [2.45, 2.75) is 6.61 Å². The topological polar surface area (TPSA) is 61.6 Å². The summed E-state index contributed by atoms with van der Waals surface area (Å²) in [5.74, 6) is 0.397. The van der Waals surface area contributed by atoms with E-state index >= 15 is 0 Å². The van der Waals surface area contributed by atoms with Crippen LogP contribution in [0.5, 0.6) is 11.5 Å². The summed E-state index contributed by atoms with van der Waals surface area (Å²) >= 11 is 11.8. The highest BCUT2D eigenvalue weighted by atomic mass is 35.5. The summed E-state index contributed by atoms with van der Waals surface area (Å²) in [4.78, 5) is 11.4. The lowest BCUT2D eigenvalue weighted by Crippen LogP contribution is -2.13. The van der Waals surface area contributed by atoms with E-state index in [4.69, 9.17) is 38.4 Å². The Labute approximate surface area is 132 Å². The molecule has 2 N–H and O–H groups in total. The minimum atomic E-state index is -0.606. The molecule has 0 heterocycles. The number of ether oxygens (including phenoxy) is 2. The summed E-state index contributed by atoms with van der Waals surface area (Å²) in [6, 6.07) is 9.89. The van der Waals surface area contributed by atoms with Crippen molar-refractivity contribution < 1.29 is 14.3 Å². The van der Waals surface area contributed by atoms with E-state index in [1.807, 2.05) is 0 Å². The zero-order valence-corrected chi connectivity index (χ0v) is 12.7. The Hall–Kier alpha value is -1.91. The third kappa shape index (κ3) is 3.80. The standard InChI is InChI=1S/C15H13Cl2NO3/c1-20-13-4-2-10(16)6-9(13)8-21-14-5-3-11(17)7-12(14)15(18)19/h2-7H,8H2,1H3,(H2,18,19). The van der Waals surface area contributed by atoms with E-state index in [0.717, 1.165) is 5.56 Å². The van der Waals surface area contributed by atoms with Crippen LogP contribution in [-0.4, -0.2) is 13.0 Å². The Kier molecular flexibility index (Phi) is 4.94. The number of halogens is 2. The number of hydrogen-bond acceptors (Lipinski definition) is 3. The molecule has 0 aliphatic heterocycles. The quantitative estimate of drug-likeness (QED) is 0.912. The molecule has 0 spiro atoms. The molecule has 0 unspecified atom stereocenters. The molecule has 2 rings (SSSR count). The number of benzene rings is 2. The van der Waals surface area contributed by atoms with Crippen molar-refractivity contribution in [3.63, 3.8) is 0 Å². The van der Waals surface area contributed by atoms with Gasteiger partial charge in [0.2, 0.25) is 0 Å². The van der Waals surface area contributed by atoms with Gasteiger partial charge in [-0.05, 0) is 36.4 Å². The molecule has 0 saturated carbocycles. The summed E-state index contributed by atoms with van der Waals surface area (Å²) < 4.78 is 10.9. The lowest BCUT2D eigenvalue weighted by Gasteiger charge is -2.12. The van der Waals surface area contributed by atoms with E-state index in [1.54, 1.807) is 37.4 Å². The van der Waals surface area contributed by atoms with Crippen LogP contribution in [0.4, 0.5) is 0 Å². The number of hydrogen-bond donors (Lipinski definition) is 1. The number of nitrogens with two attached hydrogens (primary N) is 1. The van der Waals surface area contributed by atoms with Crippen molar-refractivity contribution >= 4 is 29.1 Å². The first-order valence-electron chi connectivity index (χ1n) is 6.06. The predicted octanol–water partition coefficient (Wildman–Crippen LogP) is 3.68. The number of amides is 1. The third-order valence-electron chi connectivity index (χ3n) is 2.83. The molecule has 6 heteroatoms. The second kappa shape index (κ2) is 6.70. The number of carbonyl (C=O) groups is 1. The molecule has 21 heavy (non-hydrogen) atoms. The highest BCUT2D eigenvalue weighted by molar-refractivity contribution is 6.31. The zero-order chi connectivity index (χ0) is 15.4. The first-order chi connectivity index (χ1) is 10.0. The summed E-state index contributed by atoms with van der Waals surface area (Å²) in [5.41, 5.74) is 6.29. The van der Waals surface area contributed by atoms with Crippen LogP contribution < -0.4 is 15.2 Å². The second-order valence-electron chi connectivity index (χ2n) is 4.25. The average molecular weight is 326 g/mol. The fourth-order valence-corrected chi connectivity index (χ4v) is 2.20. The minimum absolute atomic E-state index is 0.186. The van der Waals surface area contributed by atoms with E-state index in [2.05, 4.69) is 0 Å². The van der Waals surface area contributed by atoms with E-state index < -0.39 is 5.91 Å². The maximum absolute atomic E-state index is 11.4. The van der Waals surface area contributed by atoms with Gasteiger partial charge in [0.1, 0.15) is 18.1 Å². The summed E-state index contributed by atoms with van der Waals surface area (Å²) in [6.07, 6.45) is 0. The minimum Gasteiger partial charge on any atom is -0.496 e. The molecule has 110 valence electrons. The molecule has 0 atom stereocenters. The molecule has 0 aliphatic carbocycles. The molecule has 2 aromatic carbocycles. The number of carbonyl (C=O) groups excluding carboxylic acids is 1. The van der Waals surface area contributed by atoms with Crippen LogP contribution >= 0.6 is 23.2 Å². The van der Waals surface area contributed by atoms with E-state index in [9.17, 15) is 4.79 Å². The van der Waals surface area contributed by atoms with E-state index in [0.29, 0.717) is 21.5 Å². The molecule has 0 aromatic heterocycles. The lowest BCUT2D eigenvalue weighted by molar-refractivity contribution is 0.0996. The Morgan fingerprint density at radius 2 is 1.71 bits per heavy atom. The van der Waals surface area contributed by atoms with E-state index in [1.165, 1.54) is 6.07 Å². The average Bonchev–Trinajstić information content (AvgIpc) is 2.46. The van der Waals surface area contributed by atoms with Crippen LogP contribution in [-0.2, 0) is 6.61 Å². The van der Waals surface area contributed by atoms with Gasteiger partial charge in [0.25, 0.3) is 5.91 Å². The molecule has 2 aromatic rings. The van der Waals surface area contributed by atoms with Crippen LogP contribution in [0.25, 0.3) is 0 Å². The fraction of sp³-hybridized carbons (Fsp3) is 0.133. The maximum atomic E-state index is 11.4. The first-order valence-corrected chi connectivity index (χ1v) is 6.81. The van der Waals surface area contributed by atoms with Gasteiger partial charge in [0, 0.05) is 15.6 Å². The van der Waals surface area contributed by atoms with Crippen molar-refractivity contribution in [1.82, 2.24) is 0 Å². The molecular formula is C15H13Cl2NO3. The maximum Gasteiger partial charge on any atom is 0.252 e. The van der Waals surface area contributed by atoms with Gasteiger partial charge in [-0.3, -0.25) is 4.79 Å². The SMILES string of the molecule is COc1ccc(Cl)cc1COc1ccc(Cl)cc1C(N)=O. The van der Waals surface area contributed by atoms with Gasteiger partial charge in [-0.1, -0.05) is 23.2 Å². The Bertz CT molecular complexity index is 674. The summed E-state index contributed by atoms with van der Waals surface area (Å²) in [6.45, 7) is 0.186. The number of methoxy groups -OCH3 is 1. The first kappa shape index (κ1) is 15.5. The number of rotatable bonds is 5. The zero-order valence-electron chi connectivity index (χ0n) is 11.2. The van der Waals surface area contributed by atoms with Crippen molar-refractivity contribution in [3.05, 3.63) is 57.6 Å². The van der Waals surface area contributed by atoms with Crippen LogP contribution in [0.15, 0.2) is 36.4 Å². The van der Waals surface area contributed by atoms with Gasteiger partial charge in [0.05, 0.1) is 12.7 Å². The van der Waals surface area contributed by atoms with Crippen LogP contribution in [0.2, 0.25) is 10.0 Å². The Morgan fingerprint density at radius 1 is 1.10 bits per heavy atom. The molecule has 1 amide bonds. The molecular weight excluding hydrogens is 313 g/mol. The fourth-order valence-electron chi connectivity index (χ4n) is 1.84. The van der Waals surface area contributed by atoms with Crippen LogP contribution in [0, 0.1) is 0 Å². The Balaban J connectivity index is 2.24. The highest BCUT2D eigenvalue weighted by Crippen LogP contribution is 2.27. The van der Waals surface area contributed by atoms with Crippen LogP contribution in [0.3, 0.4) is 0 Å². The van der Waals surface area contributed by atoms with Gasteiger partial charge in [-0.25, -0.2) is 0 Å². The van der Waals surface area contributed by atoms with Crippen molar-refractivity contribution in [3.8, 4) is 11.5 Å². The molecule has 0 fully saturated rings. The van der Waals surface area contributed by atoms with E-state index in [-0.39, 0.29) is 12.2 Å². The van der Waals surface area contributed by atoms with Crippen molar-refractivity contribution in [1.29, 1.82) is 0 Å². The molecule has 4 nitrogen and oxygen atoms in total. The second-order valence-corrected chi connectivity index (χ2v) is 5.12. The number of primary amides is 1. The molecule has 0 bridgehead atoms. The van der Waals surface area contributed by atoms with Crippen molar-refractivity contribution in [2.75, 3.05) is 7.11 Å². The van der Waals surface area contributed by atoms with Gasteiger partial charge in [-0.15, -0.1) is 0 Å². The van der Waals surface area contributed by atoms with Crippen molar-refractivity contribution in [2.24, 2.45) is 5.73 Å². The lowest BCUT2D eigenvalue weighted by atomic mass is 10.2. The monoisotopic (exact) mass is 325 g/mol. The molecule has 0 radical (unpaired) electrons. The summed E-state index contributed by atoms with van der Waals surface area (Å²) in [7, 11) is 1.56. The van der Waals surface area contributed by atoms with Gasteiger partial charge < -0.3 is 15.2 Å². The third-order valence-corrected chi connectivity index (χ3v) is 3.30. The Morgan fingerprint density at radius 3 is 2.33 bits per heavy atom. The van der Waals surface area contributed by atoms with Gasteiger partial charge in [0.15, 0.2) is 0 Å². The smallest absolute Gasteiger partial charge is 0.252 e. The highest BCUT2D eigenvalue weighted by Gasteiger charge is 2.12. The van der Waals surface area contributed by atoms with Gasteiger partial charge >= 0.3 is 0 Å². The normalized spacial score (nSPS) is 10.2. The van der Waals surface area contributed by atoms with Crippen LogP contribution in [0.1, 0.15) is 15.9 Å². The molecule has 0 aliphatic rings. The largest absolute Gasteiger partial charge is 0.496 e. The van der Waals surface area contributed by atoms with Gasteiger partial charge in [-0.2, -0.15) is 0 Å².